The highest BCUT2D eigenvalue weighted by molar-refractivity contribution is 7.10. The van der Waals surface area contributed by atoms with Crippen LogP contribution in [0.3, 0.4) is 0 Å². The van der Waals surface area contributed by atoms with Crippen LogP contribution < -0.4 is 5.32 Å². The number of urea groups is 1. The molecule has 0 spiro atoms. The second-order valence-corrected chi connectivity index (χ2v) is 4.34. The Morgan fingerprint density at radius 2 is 2.50 bits per heavy atom. The normalized spacial score (nSPS) is 15.3. The number of aryl methyl sites for hydroxylation is 1. The molecule has 0 radical (unpaired) electrons. The van der Waals surface area contributed by atoms with Gasteiger partial charge in [-0.05, 0) is 6.92 Å². The van der Waals surface area contributed by atoms with E-state index in [1.54, 1.807) is 16.2 Å². The van der Waals surface area contributed by atoms with E-state index in [0.29, 0.717) is 13.1 Å². The van der Waals surface area contributed by atoms with Gasteiger partial charge in [0.2, 0.25) is 0 Å². The van der Waals surface area contributed by atoms with Gasteiger partial charge in [0.1, 0.15) is 0 Å². The number of amides is 2. The predicted molar refractivity (Wildman–Crippen MR) is 55.6 cm³/mol. The van der Waals surface area contributed by atoms with Crippen molar-refractivity contribution in [1.82, 2.24) is 4.90 Å². The van der Waals surface area contributed by atoms with Gasteiger partial charge < -0.3 is 15.3 Å². The number of β-amino-alcohol motifs (C(OH)–C–C–N with tert-alkyl or cyclic N) is 1. The zero-order valence-corrected chi connectivity index (χ0v) is 8.73. The number of hydrogen-bond donors (Lipinski definition) is 2. The molecule has 1 aromatic rings. The first-order valence-electron chi connectivity index (χ1n) is 4.46. The van der Waals surface area contributed by atoms with Gasteiger partial charge in [0.15, 0.2) is 0 Å². The van der Waals surface area contributed by atoms with Crippen LogP contribution in [0.5, 0.6) is 0 Å². The van der Waals surface area contributed by atoms with E-state index >= 15 is 0 Å². The molecule has 0 unspecified atom stereocenters. The number of fused-ring (bicyclic) bond motifs is 1. The van der Waals surface area contributed by atoms with Crippen LogP contribution in [-0.2, 0) is 6.54 Å². The number of anilines is 1. The van der Waals surface area contributed by atoms with E-state index in [1.807, 2.05) is 12.3 Å². The summed E-state index contributed by atoms with van der Waals surface area (Å²) in [6.07, 6.45) is 0. The summed E-state index contributed by atoms with van der Waals surface area (Å²) in [5.41, 5.74) is 2.09. The number of aliphatic hydroxyl groups excluding tert-OH is 1. The summed E-state index contributed by atoms with van der Waals surface area (Å²) in [7, 11) is 0. The molecule has 4 nitrogen and oxygen atoms in total. The van der Waals surface area contributed by atoms with Gasteiger partial charge in [0.25, 0.3) is 0 Å². The number of rotatable bonds is 2. The van der Waals surface area contributed by atoms with Crippen molar-refractivity contribution in [2.75, 3.05) is 18.5 Å². The van der Waals surface area contributed by atoms with Gasteiger partial charge in [-0.15, -0.1) is 11.3 Å². The van der Waals surface area contributed by atoms with Crippen molar-refractivity contribution in [3.8, 4) is 0 Å². The second kappa shape index (κ2) is 3.59. The van der Waals surface area contributed by atoms with Gasteiger partial charge >= 0.3 is 6.03 Å². The quantitative estimate of drug-likeness (QED) is 0.778. The molecule has 0 fully saturated rings. The minimum absolute atomic E-state index is 0.00589. The SMILES string of the molecule is Cc1scc2c1CN(CCO)C(=O)N2. The van der Waals surface area contributed by atoms with Crippen LogP contribution in [0.1, 0.15) is 10.4 Å². The molecule has 1 aliphatic rings. The number of carbonyl (C=O) groups is 1. The highest BCUT2D eigenvalue weighted by Gasteiger charge is 2.23. The third kappa shape index (κ3) is 1.49. The smallest absolute Gasteiger partial charge is 0.322 e. The topological polar surface area (TPSA) is 52.6 Å². The highest BCUT2D eigenvalue weighted by Crippen LogP contribution is 2.31. The van der Waals surface area contributed by atoms with Crippen LogP contribution in [0.4, 0.5) is 10.5 Å². The van der Waals surface area contributed by atoms with E-state index < -0.39 is 0 Å². The number of thiophene rings is 1. The van der Waals surface area contributed by atoms with E-state index in [9.17, 15) is 4.79 Å². The Labute approximate surface area is 86.2 Å². The Morgan fingerprint density at radius 3 is 3.21 bits per heavy atom. The summed E-state index contributed by atoms with van der Waals surface area (Å²) in [5, 5.41) is 13.5. The molecule has 1 aliphatic heterocycles. The highest BCUT2D eigenvalue weighted by atomic mass is 32.1. The van der Waals surface area contributed by atoms with Gasteiger partial charge in [0.05, 0.1) is 18.8 Å². The summed E-state index contributed by atoms with van der Waals surface area (Å²) < 4.78 is 0. The lowest BCUT2D eigenvalue weighted by Crippen LogP contribution is -2.39. The third-order valence-electron chi connectivity index (χ3n) is 2.35. The Kier molecular flexibility index (Phi) is 2.43. The van der Waals surface area contributed by atoms with Crippen molar-refractivity contribution < 1.29 is 9.90 Å². The molecule has 76 valence electrons. The molecule has 1 aromatic heterocycles. The maximum Gasteiger partial charge on any atom is 0.322 e. The second-order valence-electron chi connectivity index (χ2n) is 3.26. The lowest BCUT2D eigenvalue weighted by Gasteiger charge is -2.27. The molecule has 2 rings (SSSR count). The van der Waals surface area contributed by atoms with Crippen LogP contribution in [-0.4, -0.2) is 29.2 Å². The maximum atomic E-state index is 11.5. The fourth-order valence-corrected chi connectivity index (χ4v) is 2.35. The van der Waals surface area contributed by atoms with E-state index in [4.69, 9.17) is 5.11 Å². The van der Waals surface area contributed by atoms with E-state index in [-0.39, 0.29) is 12.6 Å². The predicted octanol–water partition coefficient (Wildman–Crippen LogP) is 1.40. The zero-order chi connectivity index (χ0) is 10.1. The van der Waals surface area contributed by atoms with E-state index in [0.717, 1.165) is 5.69 Å². The Hall–Kier alpha value is -1.07. The van der Waals surface area contributed by atoms with Crippen molar-refractivity contribution >= 4 is 23.1 Å². The molecule has 2 heterocycles. The minimum atomic E-state index is -0.121. The molecule has 0 atom stereocenters. The lowest BCUT2D eigenvalue weighted by atomic mass is 10.2. The van der Waals surface area contributed by atoms with Crippen LogP contribution in [0, 0.1) is 6.92 Å². The fourth-order valence-electron chi connectivity index (χ4n) is 1.54. The molecule has 14 heavy (non-hydrogen) atoms. The zero-order valence-electron chi connectivity index (χ0n) is 7.91. The van der Waals surface area contributed by atoms with Crippen molar-refractivity contribution in [3.63, 3.8) is 0 Å². The fraction of sp³-hybridized carbons (Fsp3) is 0.444. The van der Waals surface area contributed by atoms with E-state index in [2.05, 4.69) is 5.32 Å². The van der Waals surface area contributed by atoms with Crippen LogP contribution in [0.2, 0.25) is 0 Å². The molecule has 0 aromatic carbocycles. The Balaban J connectivity index is 2.24. The number of nitrogens with zero attached hydrogens (tertiary/aromatic N) is 1. The van der Waals surface area contributed by atoms with Gasteiger partial charge in [-0.1, -0.05) is 0 Å². The molecular formula is C9H12N2O2S. The lowest BCUT2D eigenvalue weighted by molar-refractivity contribution is 0.183. The third-order valence-corrected chi connectivity index (χ3v) is 3.30. The summed E-state index contributed by atoms with van der Waals surface area (Å²) in [5.74, 6) is 0. The van der Waals surface area contributed by atoms with Crippen LogP contribution in [0.15, 0.2) is 5.38 Å². The molecule has 2 N–H and O–H groups in total. The standard InChI is InChI=1S/C9H12N2O2S/c1-6-7-4-11(2-3-12)9(13)10-8(7)5-14-6/h5,12H,2-4H2,1H3,(H,10,13). The van der Waals surface area contributed by atoms with Gasteiger partial charge in [-0.25, -0.2) is 4.79 Å². The summed E-state index contributed by atoms with van der Waals surface area (Å²) in [6, 6.07) is -0.121. The first-order chi connectivity index (χ1) is 6.72. The summed E-state index contributed by atoms with van der Waals surface area (Å²) in [6.45, 7) is 3.04. The van der Waals surface area contributed by atoms with Crippen molar-refractivity contribution in [2.24, 2.45) is 0 Å². The van der Waals surface area contributed by atoms with Gasteiger partial charge in [-0.3, -0.25) is 0 Å². The largest absolute Gasteiger partial charge is 0.395 e. The average Bonchev–Trinajstić information content (AvgIpc) is 2.49. The number of carbonyl (C=O) groups excluding carboxylic acids is 1. The first-order valence-corrected chi connectivity index (χ1v) is 5.34. The minimum Gasteiger partial charge on any atom is -0.395 e. The molecule has 0 bridgehead atoms. The number of nitrogens with one attached hydrogen (secondary N) is 1. The van der Waals surface area contributed by atoms with Crippen LogP contribution in [0.25, 0.3) is 0 Å². The molecule has 0 saturated carbocycles. The van der Waals surface area contributed by atoms with Crippen LogP contribution >= 0.6 is 11.3 Å². The molecular weight excluding hydrogens is 200 g/mol. The summed E-state index contributed by atoms with van der Waals surface area (Å²) >= 11 is 1.64. The Morgan fingerprint density at radius 1 is 1.71 bits per heavy atom. The Bertz CT molecular complexity index is 362. The molecule has 5 heteroatoms. The average molecular weight is 212 g/mol. The maximum absolute atomic E-state index is 11.5. The number of hydrogen-bond acceptors (Lipinski definition) is 3. The van der Waals surface area contributed by atoms with Crippen molar-refractivity contribution in [1.29, 1.82) is 0 Å². The number of aliphatic hydroxyl groups is 1. The monoisotopic (exact) mass is 212 g/mol. The molecule has 0 aliphatic carbocycles. The molecule has 2 amide bonds. The first kappa shape index (κ1) is 9.48. The molecule has 0 saturated heterocycles. The van der Waals surface area contributed by atoms with Crippen molar-refractivity contribution in [2.45, 2.75) is 13.5 Å². The van der Waals surface area contributed by atoms with E-state index in [1.165, 1.54) is 10.4 Å². The van der Waals surface area contributed by atoms with Gasteiger partial charge in [-0.2, -0.15) is 0 Å². The van der Waals surface area contributed by atoms with Gasteiger partial charge in [0, 0.05) is 22.4 Å². The summed E-state index contributed by atoms with van der Waals surface area (Å²) in [4.78, 5) is 14.3. The van der Waals surface area contributed by atoms with Crippen molar-refractivity contribution in [3.05, 3.63) is 15.8 Å².